The van der Waals surface area contributed by atoms with Crippen molar-refractivity contribution in [1.29, 1.82) is 0 Å². The van der Waals surface area contributed by atoms with Crippen LogP contribution in [0, 0.1) is 13.8 Å². The van der Waals surface area contributed by atoms with Gasteiger partial charge in [-0.2, -0.15) is 0 Å². The number of rotatable bonds is 7. The molecule has 25 heavy (non-hydrogen) atoms. The summed E-state index contributed by atoms with van der Waals surface area (Å²) in [6.45, 7) is 14.1. The smallest absolute Gasteiger partial charge is 0.191 e. The molecule has 0 bridgehead atoms. The maximum absolute atomic E-state index is 4.80. The van der Waals surface area contributed by atoms with E-state index in [0.29, 0.717) is 6.04 Å². The van der Waals surface area contributed by atoms with Crippen molar-refractivity contribution in [1.82, 2.24) is 15.5 Å². The summed E-state index contributed by atoms with van der Waals surface area (Å²) in [5, 5.41) is 7.04. The van der Waals surface area contributed by atoms with Crippen LogP contribution in [0.4, 0.5) is 0 Å². The van der Waals surface area contributed by atoms with Gasteiger partial charge in [0.1, 0.15) is 0 Å². The molecule has 1 fully saturated rings. The van der Waals surface area contributed by atoms with Crippen molar-refractivity contribution in [2.24, 2.45) is 4.99 Å². The Kier molecular flexibility index (Phi) is 8.26. The van der Waals surface area contributed by atoms with E-state index in [4.69, 9.17) is 4.99 Å². The van der Waals surface area contributed by atoms with Gasteiger partial charge in [-0.25, -0.2) is 0 Å². The van der Waals surface area contributed by atoms with E-state index in [9.17, 15) is 0 Å². The van der Waals surface area contributed by atoms with Gasteiger partial charge in [0.25, 0.3) is 0 Å². The second-order valence-electron chi connectivity index (χ2n) is 7.27. The lowest BCUT2D eigenvalue weighted by atomic mass is 10.0. The minimum atomic E-state index is 0.548. The molecule has 4 heteroatoms. The van der Waals surface area contributed by atoms with Crippen LogP contribution in [0.1, 0.15) is 49.8 Å². The summed E-state index contributed by atoms with van der Waals surface area (Å²) < 4.78 is 0. The Morgan fingerprint density at radius 1 is 1.12 bits per heavy atom. The lowest BCUT2D eigenvalue weighted by molar-refractivity contribution is 0.206. The van der Waals surface area contributed by atoms with Gasteiger partial charge in [-0.3, -0.25) is 4.99 Å². The molecule has 140 valence electrons. The summed E-state index contributed by atoms with van der Waals surface area (Å²) in [5.41, 5.74) is 4.05. The van der Waals surface area contributed by atoms with Crippen LogP contribution in [0.3, 0.4) is 0 Å². The molecule has 1 aromatic rings. The van der Waals surface area contributed by atoms with E-state index in [-0.39, 0.29) is 0 Å². The number of nitrogens with one attached hydrogen (secondary N) is 2. The molecule has 0 atom stereocenters. The van der Waals surface area contributed by atoms with E-state index in [0.717, 1.165) is 25.5 Å². The quantitative estimate of drug-likeness (QED) is 0.589. The molecule has 0 radical (unpaired) electrons. The molecular weight excluding hydrogens is 308 g/mol. The number of aliphatic imine (C=N–C) groups is 1. The van der Waals surface area contributed by atoms with Crippen LogP contribution in [0.15, 0.2) is 23.2 Å². The number of hydrogen-bond acceptors (Lipinski definition) is 2. The Balaban J connectivity index is 1.84. The van der Waals surface area contributed by atoms with Crippen molar-refractivity contribution in [3.05, 3.63) is 34.9 Å². The Bertz CT molecular complexity index is 525. The van der Waals surface area contributed by atoms with Gasteiger partial charge in [0, 0.05) is 32.2 Å². The summed E-state index contributed by atoms with van der Waals surface area (Å²) in [7, 11) is 0. The first kappa shape index (κ1) is 19.8. The highest BCUT2D eigenvalue weighted by Crippen LogP contribution is 2.11. The number of aryl methyl sites for hydroxylation is 2. The van der Waals surface area contributed by atoms with Crippen molar-refractivity contribution in [3.63, 3.8) is 0 Å². The highest BCUT2D eigenvalue weighted by atomic mass is 15.2. The molecule has 0 spiro atoms. The number of hydrogen-bond donors (Lipinski definition) is 2. The van der Waals surface area contributed by atoms with Crippen LogP contribution >= 0.6 is 0 Å². The van der Waals surface area contributed by atoms with E-state index in [1.807, 2.05) is 0 Å². The molecule has 2 rings (SSSR count). The number of benzene rings is 1. The Morgan fingerprint density at radius 2 is 1.80 bits per heavy atom. The monoisotopic (exact) mass is 344 g/mol. The van der Waals surface area contributed by atoms with Crippen LogP contribution < -0.4 is 10.6 Å². The van der Waals surface area contributed by atoms with E-state index in [1.165, 1.54) is 55.6 Å². The highest BCUT2D eigenvalue weighted by Gasteiger charge is 2.19. The molecular formula is C21H36N4. The number of piperidine rings is 1. The molecule has 0 aromatic heterocycles. The second kappa shape index (κ2) is 10.4. The third kappa shape index (κ3) is 7.07. The van der Waals surface area contributed by atoms with Crippen molar-refractivity contribution < 1.29 is 0 Å². The Morgan fingerprint density at radius 3 is 2.40 bits per heavy atom. The van der Waals surface area contributed by atoms with Gasteiger partial charge in [0.15, 0.2) is 5.96 Å². The number of guanidine groups is 1. The standard InChI is InChI=1S/C21H36N4/c1-5-11-25-12-8-20(9-13-25)24-21(22-6-2)23-10-7-19-15-17(3)14-18(4)16-19/h14-16,20H,5-13H2,1-4H3,(H2,22,23,24). The summed E-state index contributed by atoms with van der Waals surface area (Å²) in [5.74, 6) is 0.973. The van der Waals surface area contributed by atoms with Crippen LogP contribution in [0.2, 0.25) is 0 Å². The summed E-state index contributed by atoms with van der Waals surface area (Å²) >= 11 is 0. The van der Waals surface area contributed by atoms with Crippen molar-refractivity contribution in [2.45, 2.75) is 59.4 Å². The predicted octanol–water partition coefficient (Wildman–Crippen LogP) is 3.28. The normalized spacial score (nSPS) is 16.9. The fourth-order valence-electron chi connectivity index (χ4n) is 3.64. The molecule has 4 nitrogen and oxygen atoms in total. The molecule has 1 aliphatic heterocycles. The van der Waals surface area contributed by atoms with Gasteiger partial charge in [0.2, 0.25) is 0 Å². The van der Waals surface area contributed by atoms with E-state index >= 15 is 0 Å². The zero-order valence-electron chi connectivity index (χ0n) is 16.6. The van der Waals surface area contributed by atoms with Crippen LogP contribution in [-0.4, -0.2) is 49.6 Å². The van der Waals surface area contributed by atoms with Gasteiger partial charge < -0.3 is 15.5 Å². The fourth-order valence-corrected chi connectivity index (χ4v) is 3.64. The lowest BCUT2D eigenvalue weighted by Gasteiger charge is -2.32. The molecule has 0 aliphatic carbocycles. The zero-order valence-corrected chi connectivity index (χ0v) is 16.6. The Labute approximate surface area is 154 Å². The van der Waals surface area contributed by atoms with Gasteiger partial charge in [-0.1, -0.05) is 36.2 Å². The summed E-state index contributed by atoms with van der Waals surface area (Å²) in [4.78, 5) is 7.37. The Hall–Kier alpha value is -1.55. The first-order valence-corrected chi connectivity index (χ1v) is 9.95. The SMILES string of the molecule is CCCN1CCC(NC(=NCCc2cc(C)cc(C)c2)NCC)CC1. The lowest BCUT2D eigenvalue weighted by Crippen LogP contribution is -2.48. The zero-order chi connectivity index (χ0) is 18.1. The molecule has 1 heterocycles. The van der Waals surface area contributed by atoms with Crippen LogP contribution in [-0.2, 0) is 6.42 Å². The minimum absolute atomic E-state index is 0.548. The third-order valence-electron chi connectivity index (χ3n) is 4.76. The average molecular weight is 345 g/mol. The van der Waals surface area contributed by atoms with E-state index < -0.39 is 0 Å². The predicted molar refractivity (Wildman–Crippen MR) is 108 cm³/mol. The third-order valence-corrected chi connectivity index (χ3v) is 4.76. The van der Waals surface area contributed by atoms with Crippen molar-refractivity contribution in [3.8, 4) is 0 Å². The van der Waals surface area contributed by atoms with Crippen molar-refractivity contribution in [2.75, 3.05) is 32.7 Å². The first-order chi connectivity index (χ1) is 12.1. The molecule has 0 unspecified atom stereocenters. The second-order valence-corrected chi connectivity index (χ2v) is 7.27. The molecule has 0 saturated carbocycles. The summed E-state index contributed by atoms with van der Waals surface area (Å²) in [6.07, 6.45) is 4.66. The van der Waals surface area contributed by atoms with Crippen molar-refractivity contribution >= 4 is 5.96 Å². The van der Waals surface area contributed by atoms with Gasteiger partial charge in [-0.05, 0) is 58.6 Å². The van der Waals surface area contributed by atoms with Crippen LogP contribution in [0.5, 0.6) is 0 Å². The van der Waals surface area contributed by atoms with Gasteiger partial charge in [-0.15, -0.1) is 0 Å². The minimum Gasteiger partial charge on any atom is -0.357 e. The maximum atomic E-state index is 4.80. The number of likely N-dealkylation sites (tertiary alicyclic amines) is 1. The molecule has 2 N–H and O–H groups in total. The molecule has 0 amide bonds. The molecule has 1 aromatic carbocycles. The topological polar surface area (TPSA) is 39.7 Å². The van der Waals surface area contributed by atoms with Crippen LogP contribution in [0.25, 0.3) is 0 Å². The van der Waals surface area contributed by atoms with Gasteiger partial charge in [0.05, 0.1) is 0 Å². The van der Waals surface area contributed by atoms with E-state index in [2.05, 4.69) is 61.4 Å². The summed E-state index contributed by atoms with van der Waals surface area (Å²) in [6, 6.07) is 7.31. The fraction of sp³-hybridized carbons (Fsp3) is 0.667. The highest BCUT2D eigenvalue weighted by molar-refractivity contribution is 5.80. The van der Waals surface area contributed by atoms with E-state index in [1.54, 1.807) is 0 Å². The molecule has 1 saturated heterocycles. The largest absolute Gasteiger partial charge is 0.357 e. The first-order valence-electron chi connectivity index (χ1n) is 9.95. The number of nitrogens with zero attached hydrogens (tertiary/aromatic N) is 2. The average Bonchev–Trinajstić information content (AvgIpc) is 2.56. The van der Waals surface area contributed by atoms with Gasteiger partial charge >= 0.3 is 0 Å². The maximum Gasteiger partial charge on any atom is 0.191 e. The molecule has 1 aliphatic rings.